The third-order valence-corrected chi connectivity index (χ3v) is 3.66. The van der Waals surface area contributed by atoms with E-state index < -0.39 is 5.97 Å². The molecule has 0 amide bonds. The number of para-hydroxylation sites is 1. The average molecular weight is 244 g/mol. The highest BCUT2D eigenvalue weighted by Crippen LogP contribution is 2.33. The van der Waals surface area contributed by atoms with Gasteiger partial charge in [-0.25, -0.2) is 9.78 Å². The summed E-state index contributed by atoms with van der Waals surface area (Å²) < 4.78 is 2.14. The molecule has 0 spiro atoms. The summed E-state index contributed by atoms with van der Waals surface area (Å²) in [6.45, 7) is 2.88. The molecule has 0 unspecified atom stereocenters. The lowest BCUT2D eigenvalue weighted by atomic mass is 10.2. The molecule has 2 aromatic rings. The first kappa shape index (κ1) is 11.3. The highest BCUT2D eigenvalue weighted by molar-refractivity contribution is 6.01. The van der Waals surface area contributed by atoms with Gasteiger partial charge in [-0.15, -0.1) is 0 Å². The number of benzene rings is 1. The predicted octanol–water partition coefficient (Wildman–Crippen LogP) is 2.84. The molecule has 1 aromatic heterocycles. The van der Waals surface area contributed by atoms with Crippen molar-refractivity contribution < 1.29 is 9.90 Å². The fourth-order valence-corrected chi connectivity index (χ4v) is 2.44. The molecule has 1 aliphatic rings. The van der Waals surface area contributed by atoms with Crippen molar-refractivity contribution in [2.24, 2.45) is 5.92 Å². The molecule has 1 saturated carbocycles. The number of aromatic carboxylic acids is 1. The Morgan fingerprint density at radius 3 is 2.94 bits per heavy atom. The third-order valence-electron chi connectivity index (χ3n) is 3.66. The van der Waals surface area contributed by atoms with Gasteiger partial charge in [-0.3, -0.25) is 0 Å². The van der Waals surface area contributed by atoms with Crippen LogP contribution in [0.1, 0.15) is 35.4 Å². The van der Waals surface area contributed by atoms with E-state index in [4.69, 9.17) is 5.11 Å². The van der Waals surface area contributed by atoms with E-state index in [0.29, 0.717) is 11.1 Å². The lowest BCUT2D eigenvalue weighted by molar-refractivity contribution is 0.0699. The van der Waals surface area contributed by atoms with Crippen LogP contribution < -0.4 is 0 Å². The maximum Gasteiger partial charge on any atom is 0.337 e. The fraction of sp³-hybridized carbons (Fsp3) is 0.429. The minimum absolute atomic E-state index is 0.292. The highest BCUT2D eigenvalue weighted by Gasteiger charge is 2.22. The van der Waals surface area contributed by atoms with Gasteiger partial charge in [0.1, 0.15) is 11.3 Å². The van der Waals surface area contributed by atoms with E-state index in [1.54, 1.807) is 12.1 Å². The number of nitrogens with zero attached hydrogens (tertiary/aromatic N) is 2. The van der Waals surface area contributed by atoms with Crippen molar-refractivity contribution >= 4 is 17.0 Å². The molecule has 1 heterocycles. The van der Waals surface area contributed by atoms with Crippen LogP contribution >= 0.6 is 0 Å². The average Bonchev–Trinajstić information content (AvgIpc) is 3.09. The molecule has 1 aliphatic carbocycles. The van der Waals surface area contributed by atoms with E-state index in [-0.39, 0.29) is 0 Å². The molecular weight excluding hydrogens is 228 g/mol. The molecule has 4 nitrogen and oxygen atoms in total. The summed E-state index contributed by atoms with van der Waals surface area (Å²) in [6.07, 6.45) is 3.85. The first-order chi connectivity index (χ1) is 8.66. The quantitative estimate of drug-likeness (QED) is 0.899. The number of hydrogen-bond acceptors (Lipinski definition) is 2. The van der Waals surface area contributed by atoms with Gasteiger partial charge in [0.15, 0.2) is 0 Å². The van der Waals surface area contributed by atoms with E-state index in [0.717, 1.165) is 23.8 Å². The number of hydrogen-bond donors (Lipinski definition) is 1. The number of carbonyl (C=O) groups is 1. The first-order valence-corrected chi connectivity index (χ1v) is 6.36. The van der Waals surface area contributed by atoms with E-state index in [1.807, 2.05) is 13.0 Å². The van der Waals surface area contributed by atoms with Gasteiger partial charge >= 0.3 is 5.97 Å². The van der Waals surface area contributed by atoms with E-state index in [9.17, 15) is 4.79 Å². The second kappa shape index (κ2) is 4.12. The number of imidazole rings is 1. The first-order valence-electron chi connectivity index (χ1n) is 6.36. The Morgan fingerprint density at radius 2 is 2.28 bits per heavy atom. The van der Waals surface area contributed by atoms with Crippen LogP contribution in [0.15, 0.2) is 18.2 Å². The molecule has 0 atom stereocenters. The lowest BCUT2D eigenvalue weighted by Crippen LogP contribution is -2.01. The van der Waals surface area contributed by atoms with Crippen molar-refractivity contribution in [1.29, 1.82) is 0 Å². The van der Waals surface area contributed by atoms with Crippen LogP contribution in [0.3, 0.4) is 0 Å². The van der Waals surface area contributed by atoms with Crippen molar-refractivity contribution in [3.63, 3.8) is 0 Å². The molecule has 1 N–H and O–H groups in total. The zero-order valence-electron chi connectivity index (χ0n) is 10.4. The van der Waals surface area contributed by atoms with Gasteiger partial charge in [0.25, 0.3) is 0 Å². The van der Waals surface area contributed by atoms with Crippen LogP contribution in [0.25, 0.3) is 11.0 Å². The van der Waals surface area contributed by atoms with Crippen molar-refractivity contribution in [3.05, 3.63) is 29.6 Å². The standard InChI is InChI=1S/C14H16N2O2/c1-9-15-13-11(14(17)18)3-2-4-12(13)16(9)8-7-10-5-6-10/h2-4,10H,5-8H2,1H3,(H,17,18). The number of carboxylic acid groups (broad SMARTS) is 1. The van der Waals surface area contributed by atoms with E-state index >= 15 is 0 Å². The van der Waals surface area contributed by atoms with Gasteiger partial charge in [-0.05, 0) is 31.4 Å². The molecule has 3 rings (SSSR count). The Balaban J connectivity index is 2.04. The predicted molar refractivity (Wildman–Crippen MR) is 68.8 cm³/mol. The van der Waals surface area contributed by atoms with Gasteiger partial charge in [-0.1, -0.05) is 18.9 Å². The maximum absolute atomic E-state index is 11.2. The van der Waals surface area contributed by atoms with Gasteiger partial charge in [0.05, 0.1) is 11.1 Å². The molecule has 1 aromatic carbocycles. The van der Waals surface area contributed by atoms with Gasteiger partial charge in [0, 0.05) is 6.54 Å². The summed E-state index contributed by atoms with van der Waals surface area (Å²) in [5.41, 5.74) is 1.84. The molecule has 4 heteroatoms. The summed E-state index contributed by atoms with van der Waals surface area (Å²) >= 11 is 0. The van der Waals surface area contributed by atoms with E-state index in [1.165, 1.54) is 19.3 Å². The Morgan fingerprint density at radius 1 is 1.50 bits per heavy atom. The van der Waals surface area contributed by atoms with Crippen molar-refractivity contribution in [2.45, 2.75) is 32.7 Å². The van der Waals surface area contributed by atoms with Gasteiger partial charge in [0.2, 0.25) is 0 Å². The summed E-state index contributed by atoms with van der Waals surface area (Å²) in [5, 5.41) is 9.16. The fourth-order valence-electron chi connectivity index (χ4n) is 2.44. The highest BCUT2D eigenvalue weighted by atomic mass is 16.4. The molecule has 1 fully saturated rings. The zero-order valence-corrected chi connectivity index (χ0v) is 10.4. The SMILES string of the molecule is Cc1nc2c(C(=O)O)cccc2n1CCC1CC1. The second-order valence-electron chi connectivity index (χ2n) is 5.02. The number of carboxylic acids is 1. The van der Waals surface area contributed by atoms with Gasteiger partial charge < -0.3 is 9.67 Å². The monoisotopic (exact) mass is 244 g/mol. The summed E-state index contributed by atoms with van der Waals surface area (Å²) in [7, 11) is 0. The van der Waals surface area contributed by atoms with E-state index in [2.05, 4.69) is 9.55 Å². The smallest absolute Gasteiger partial charge is 0.337 e. The molecule has 94 valence electrons. The minimum atomic E-state index is -0.910. The Hall–Kier alpha value is -1.84. The largest absolute Gasteiger partial charge is 0.478 e. The topological polar surface area (TPSA) is 55.1 Å². The summed E-state index contributed by atoms with van der Waals surface area (Å²) in [5.74, 6) is 0.858. The Bertz CT molecular complexity index is 612. The van der Waals surface area contributed by atoms with Gasteiger partial charge in [-0.2, -0.15) is 0 Å². The van der Waals surface area contributed by atoms with Crippen LogP contribution in [0.2, 0.25) is 0 Å². The van der Waals surface area contributed by atoms with Crippen LogP contribution in [0.4, 0.5) is 0 Å². The van der Waals surface area contributed by atoms with Crippen molar-refractivity contribution in [1.82, 2.24) is 9.55 Å². The number of aryl methyl sites for hydroxylation is 2. The molecular formula is C14H16N2O2. The third kappa shape index (κ3) is 1.88. The molecule has 0 radical (unpaired) electrons. The summed E-state index contributed by atoms with van der Waals surface area (Å²) in [6, 6.07) is 5.36. The zero-order chi connectivity index (χ0) is 12.7. The normalized spacial score (nSPS) is 15.2. The molecule has 0 aliphatic heterocycles. The van der Waals surface area contributed by atoms with Crippen LogP contribution in [-0.2, 0) is 6.54 Å². The Labute approximate surface area is 105 Å². The molecule has 0 bridgehead atoms. The van der Waals surface area contributed by atoms with Crippen molar-refractivity contribution in [2.75, 3.05) is 0 Å². The minimum Gasteiger partial charge on any atom is -0.478 e. The second-order valence-corrected chi connectivity index (χ2v) is 5.02. The molecule has 0 saturated heterocycles. The Kier molecular flexibility index (Phi) is 2.58. The van der Waals surface area contributed by atoms with Crippen molar-refractivity contribution in [3.8, 4) is 0 Å². The number of rotatable bonds is 4. The van der Waals surface area contributed by atoms with Crippen LogP contribution in [0.5, 0.6) is 0 Å². The number of fused-ring (bicyclic) bond motifs is 1. The van der Waals surface area contributed by atoms with Crippen LogP contribution in [0, 0.1) is 12.8 Å². The number of aromatic nitrogens is 2. The molecule has 18 heavy (non-hydrogen) atoms. The van der Waals surface area contributed by atoms with Crippen LogP contribution in [-0.4, -0.2) is 20.6 Å². The maximum atomic E-state index is 11.2. The summed E-state index contributed by atoms with van der Waals surface area (Å²) in [4.78, 5) is 15.6. The lowest BCUT2D eigenvalue weighted by Gasteiger charge is -2.06.